The van der Waals surface area contributed by atoms with Crippen LogP contribution in [0.25, 0.3) is 0 Å². The molecule has 0 atom stereocenters. The van der Waals surface area contributed by atoms with Crippen LogP contribution in [0.5, 0.6) is 0 Å². The zero-order chi connectivity index (χ0) is 17.2. The molecule has 2 heterocycles. The second-order valence-corrected chi connectivity index (χ2v) is 6.70. The van der Waals surface area contributed by atoms with Crippen molar-refractivity contribution >= 4 is 17.5 Å². The first-order chi connectivity index (χ1) is 12.2. The molecule has 25 heavy (non-hydrogen) atoms. The molecule has 1 fully saturated rings. The highest BCUT2D eigenvalue weighted by Crippen LogP contribution is 2.40. The lowest BCUT2D eigenvalue weighted by molar-refractivity contribution is -0.117. The molecule has 1 aromatic carbocycles. The molecule has 6 nitrogen and oxygen atoms in total. The van der Waals surface area contributed by atoms with Gasteiger partial charge < -0.3 is 14.7 Å². The zero-order valence-corrected chi connectivity index (χ0v) is 14.0. The van der Waals surface area contributed by atoms with Gasteiger partial charge in [-0.2, -0.15) is 0 Å². The Kier molecular flexibility index (Phi) is 4.26. The van der Waals surface area contributed by atoms with Crippen LogP contribution >= 0.6 is 0 Å². The molecule has 1 N–H and O–H groups in total. The molecule has 0 unspecified atom stereocenters. The molecule has 1 saturated carbocycles. The van der Waals surface area contributed by atoms with Crippen molar-refractivity contribution in [3.8, 4) is 0 Å². The van der Waals surface area contributed by atoms with Crippen molar-refractivity contribution in [2.45, 2.75) is 38.0 Å². The lowest BCUT2D eigenvalue weighted by atomic mass is 10.1. The molecule has 6 heteroatoms. The molecular formula is C19H21N3O3. The molecule has 1 aliphatic carbocycles. The molecule has 0 saturated heterocycles. The lowest BCUT2D eigenvalue weighted by Gasteiger charge is -2.23. The minimum absolute atomic E-state index is 0.0253. The second-order valence-electron chi connectivity index (χ2n) is 6.70. The van der Waals surface area contributed by atoms with E-state index in [9.17, 15) is 9.59 Å². The molecule has 0 spiro atoms. The highest BCUT2D eigenvalue weighted by molar-refractivity contribution is 6.01. The van der Waals surface area contributed by atoms with Crippen LogP contribution in [-0.2, 0) is 11.2 Å². The summed E-state index contributed by atoms with van der Waals surface area (Å²) < 4.78 is 4.95. The van der Waals surface area contributed by atoms with Crippen molar-refractivity contribution in [2.24, 2.45) is 0 Å². The molecule has 2 aromatic rings. The number of anilines is 1. The lowest BCUT2D eigenvalue weighted by Crippen LogP contribution is -2.40. The van der Waals surface area contributed by atoms with Gasteiger partial charge in [0.15, 0.2) is 0 Å². The Hall–Kier alpha value is -2.63. The maximum Gasteiger partial charge on any atom is 0.256 e. The van der Waals surface area contributed by atoms with Gasteiger partial charge in [-0.3, -0.25) is 9.59 Å². The third kappa shape index (κ3) is 3.29. The van der Waals surface area contributed by atoms with Crippen molar-refractivity contribution in [1.82, 2.24) is 10.5 Å². The Balaban J connectivity index is 1.43. The van der Waals surface area contributed by atoms with Crippen molar-refractivity contribution in [1.29, 1.82) is 0 Å². The third-order valence-corrected chi connectivity index (χ3v) is 4.87. The third-order valence-electron chi connectivity index (χ3n) is 4.87. The van der Waals surface area contributed by atoms with Crippen LogP contribution in [-0.4, -0.2) is 30.1 Å². The van der Waals surface area contributed by atoms with E-state index >= 15 is 0 Å². The van der Waals surface area contributed by atoms with Crippen LogP contribution in [0.4, 0.5) is 5.69 Å². The monoisotopic (exact) mass is 339 g/mol. The number of nitrogens with one attached hydrogen (secondary N) is 1. The number of benzene rings is 1. The molecule has 4 rings (SSSR count). The van der Waals surface area contributed by atoms with Gasteiger partial charge in [0, 0.05) is 18.2 Å². The number of fused-ring (bicyclic) bond motifs is 1. The first-order valence-corrected chi connectivity index (χ1v) is 8.85. The number of aromatic nitrogens is 1. The fourth-order valence-electron chi connectivity index (χ4n) is 3.36. The number of hydrogen-bond acceptors (Lipinski definition) is 4. The predicted molar refractivity (Wildman–Crippen MR) is 92.5 cm³/mol. The topological polar surface area (TPSA) is 75.4 Å². The fraction of sp³-hybridized carbons (Fsp3) is 0.421. The maximum absolute atomic E-state index is 12.7. The van der Waals surface area contributed by atoms with Crippen molar-refractivity contribution in [3.05, 3.63) is 47.3 Å². The van der Waals surface area contributed by atoms with E-state index in [4.69, 9.17) is 4.52 Å². The van der Waals surface area contributed by atoms with Gasteiger partial charge >= 0.3 is 0 Å². The summed E-state index contributed by atoms with van der Waals surface area (Å²) in [6.07, 6.45) is 6.46. The molecule has 0 bridgehead atoms. The van der Waals surface area contributed by atoms with E-state index in [1.807, 2.05) is 18.2 Å². The van der Waals surface area contributed by atoms with Gasteiger partial charge in [-0.25, -0.2) is 0 Å². The number of rotatable bonds is 4. The number of amides is 2. The number of para-hydroxylation sites is 1. The average molecular weight is 339 g/mol. The maximum atomic E-state index is 12.7. The first kappa shape index (κ1) is 15.9. The van der Waals surface area contributed by atoms with Gasteiger partial charge in [0.05, 0.1) is 12.2 Å². The van der Waals surface area contributed by atoms with E-state index in [2.05, 4.69) is 16.5 Å². The number of nitrogens with zero attached hydrogens (tertiary/aromatic N) is 2. The van der Waals surface area contributed by atoms with Crippen LogP contribution < -0.4 is 10.2 Å². The van der Waals surface area contributed by atoms with E-state index in [1.165, 1.54) is 11.8 Å². The summed E-state index contributed by atoms with van der Waals surface area (Å²) in [5.74, 6) is -0.0561. The van der Waals surface area contributed by atoms with Crippen molar-refractivity contribution in [3.63, 3.8) is 0 Å². The molecule has 2 amide bonds. The van der Waals surface area contributed by atoms with E-state index in [-0.39, 0.29) is 18.4 Å². The summed E-state index contributed by atoms with van der Waals surface area (Å²) in [6, 6.07) is 7.99. The number of carbonyl (C=O) groups is 2. The zero-order valence-electron chi connectivity index (χ0n) is 14.0. The Morgan fingerprint density at radius 1 is 1.24 bits per heavy atom. The highest BCUT2D eigenvalue weighted by Gasteiger charge is 2.32. The van der Waals surface area contributed by atoms with Crippen LogP contribution in [0, 0.1) is 0 Å². The van der Waals surface area contributed by atoms with Crippen molar-refractivity contribution < 1.29 is 14.1 Å². The second kappa shape index (κ2) is 6.70. The van der Waals surface area contributed by atoms with Crippen LogP contribution in [0.3, 0.4) is 0 Å². The minimum atomic E-state index is -0.292. The Morgan fingerprint density at radius 3 is 2.92 bits per heavy atom. The van der Waals surface area contributed by atoms with E-state index in [0.717, 1.165) is 37.8 Å². The number of carbonyl (C=O) groups excluding carboxylic acids is 2. The summed E-state index contributed by atoms with van der Waals surface area (Å²) in [6.45, 7) is 0.661. The van der Waals surface area contributed by atoms with E-state index < -0.39 is 0 Å². The quantitative estimate of drug-likeness (QED) is 0.929. The first-order valence-electron chi connectivity index (χ1n) is 8.85. The standard InChI is InChI=1S/C19H21N3O3/c23-17(22-10-4-3-6-13-5-1-2-7-16(13)22)11-20-19(24)15-12-25-21-18(15)14-8-9-14/h1-2,5,7,12,14H,3-4,6,8-11H2,(H,20,24). The van der Waals surface area contributed by atoms with Crippen molar-refractivity contribution in [2.75, 3.05) is 18.0 Å². The summed E-state index contributed by atoms with van der Waals surface area (Å²) in [5, 5.41) is 6.65. The van der Waals surface area contributed by atoms with E-state index in [1.54, 1.807) is 4.90 Å². The SMILES string of the molecule is O=C(NCC(=O)N1CCCCc2ccccc21)c1conc1C1CC1. The van der Waals surface area contributed by atoms with Gasteiger partial charge in [-0.1, -0.05) is 23.4 Å². The van der Waals surface area contributed by atoms with Crippen LogP contribution in [0.1, 0.15) is 53.2 Å². The van der Waals surface area contributed by atoms with Gasteiger partial charge in [0.2, 0.25) is 5.91 Å². The van der Waals surface area contributed by atoms with Gasteiger partial charge in [0.25, 0.3) is 5.91 Å². The normalized spacial score (nSPS) is 16.9. The van der Waals surface area contributed by atoms with Gasteiger partial charge in [-0.15, -0.1) is 0 Å². The fourth-order valence-corrected chi connectivity index (χ4v) is 3.36. The molecule has 1 aromatic heterocycles. The van der Waals surface area contributed by atoms with Gasteiger partial charge in [0.1, 0.15) is 11.8 Å². The van der Waals surface area contributed by atoms with E-state index in [0.29, 0.717) is 23.7 Å². The largest absolute Gasteiger partial charge is 0.364 e. The molecule has 130 valence electrons. The molecule has 2 aliphatic rings. The smallest absolute Gasteiger partial charge is 0.256 e. The van der Waals surface area contributed by atoms with Gasteiger partial charge in [-0.05, 0) is 43.7 Å². The molecule has 0 radical (unpaired) electrons. The Labute approximate surface area is 146 Å². The average Bonchev–Trinajstić information content (AvgIpc) is 3.40. The number of aryl methyl sites for hydroxylation is 1. The summed E-state index contributed by atoms with van der Waals surface area (Å²) in [7, 11) is 0. The summed E-state index contributed by atoms with van der Waals surface area (Å²) in [5.41, 5.74) is 3.31. The van der Waals surface area contributed by atoms with Crippen LogP contribution in [0.2, 0.25) is 0 Å². The Morgan fingerprint density at radius 2 is 2.08 bits per heavy atom. The molecule has 1 aliphatic heterocycles. The molecular weight excluding hydrogens is 318 g/mol. The highest BCUT2D eigenvalue weighted by atomic mass is 16.5. The Bertz CT molecular complexity index is 795. The summed E-state index contributed by atoms with van der Waals surface area (Å²) >= 11 is 0. The van der Waals surface area contributed by atoms with Crippen LogP contribution in [0.15, 0.2) is 35.1 Å². The minimum Gasteiger partial charge on any atom is -0.364 e. The number of hydrogen-bond donors (Lipinski definition) is 1. The summed E-state index contributed by atoms with van der Waals surface area (Å²) in [4.78, 5) is 26.9. The predicted octanol–water partition coefficient (Wildman–Crippen LogP) is 2.65.